The summed E-state index contributed by atoms with van der Waals surface area (Å²) in [5, 5.41) is 14.7. The van der Waals surface area contributed by atoms with Crippen LogP contribution in [-0.4, -0.2) is 58.9 Å². The summed E-state index contributed by atoms with van der Waals surface area (Å²) >= 11 is 1.62. The fraction of sp³-hybridized carbons (Fsp3) is 0.269. The van der Waals surface area contributed by atoms with Gasteiger partial charge in [-0.25, -0.2) is 0 Å². The molecule has 34 heavy (non-hydrogen) atoms. The highest BCUT2D eigenvalue weighted by Crippen LogP contribution is 2.28. The van der Waals surface area contributed by atoms with Crippen LogP contribution >= 0.6 is 11.3 Å². The number of thiophene rings is 1. The van der Waals surface area contributed by atoms with E-state index in [1.54, 1.807) is 47.7 Å². The van der Waals surface area contributed by atoms with Gasteiger partial charge in [-0.15, -0.1) is 11.3 Å². The zero-order chi connectivity index (χ0) is 23.7. The van der Waals surface area contributed by atoms with Crippen molar-refractivity contribution in [2.45, 2.75) is 31.0 Å². The molecule has 3 aromatic rings. The van der Waals surface area contributed by atoms with E-state index in [-0.39, 0.29) is 42.5 Å². The number of amides is 2. The Kier molecular flexibility index (Phi) is 6.17. The molecular weight excluding hydrogens is 452 g/mol. The van der Waals surface area contributed by atoms with Crippen LogP contribution in [0.5, 0.6) is 5.75 Å². The number of Topliss-reactive ketones (excluding diaryl/α,β-unsaturated/α-hetero) is 1. The molecule has 3 heterocycles. The van der Waals surface area contributed by atoms with Crippen molar-refractivity contribution in [2.75, 3.05) is 13.2 Å². The average molecular weight is 477 g/mol. The minimum atomic E-state index is -0.890. The normalized spacial score (nSPS) is 20.2. The molecule has 2 aromatic carbocycles. The predicted octanol–water partition coefficient (Wildman–Crippen LogP) is 3.03. The molecule has 2 aliphatic heterocycles. The lowest BCUT2D eigenvalue weighted by molar-refractivity contribution is -0.138. The van der Waals surface area contributed by atoms with Crippen LogP contribution in [0.15, 0.2) is 66.0 Å². The number of ether oxygens (including phenoxy) is 1. The monoisotopic (exact) mass is 476 g/mol. The number of phenols is 1. The van der Waals surface area contributed by atoms with Crippen LogP contribution in [-0.2, 0) is 20.7 Å². The Balaban J connectivity index is 1.37. The molecular formula is C26H24N2O5S. The molecule has 8 heteroatoms. The number of ketones is 1. The summed E-state index contributed by atoms with van der Waals surface area (Å²) in [6, 6.07) is 16.3. The standard InChI is InChI=1S/C26H24N2O5S/c29-19-4-1-3-16(13-19)14-20(26(32)28-11-10-22-24(28)21(30)15-33-22)27-25(31)18-8-6-17(7-9-18)23-5-2-12-34-23/h1-9,12-13,20,22,24,29H,10-11,14-15H2,(H,27,31). The van der Waals surface area contributed by atoms with E-state index < -0.39 is 12.1 Å². The number of benzene rings is 2. The second-order valence-corrected chi connectivity index (χ2v) is 9.48. The van der Waals surface area contributed by atoms with Crippen molar-refractivity contribution >= 4 is 28.9 Å². The smallest absolute Gasteiger partial charge is 0.251 e. The summed E-state index contributed by atoms with van der Waals surface area (Å²) < 4.78 is 5.51. The second-order valence-electron chi connectivity index (χ2n) is 8.54. The van der Waals surface area contributed by atoms with Gasteiger partial charge < -0.3 is 20.1 Å². The minimum absolute atomic E-state index is 0.0132. The molecule has 2 aliphatic rings. The van der Waals surface area contributed by atoms with Crippen LogP contribution in [0.4, 0.5) is 0 Å². The molecule has 174 valence electrons. The lowest BCUT2D eigenvalue weighted by Gasteiger charge is -2.27. The molecule has 0 saturated carbocycles. The van der Waals surface area contributed by atoms with Crippen molar-refractivity contribution < 1.29 is 24.2 Å². The SMILES string of the molecule is O=C(NC(Cc1cccc(O)c1)C(=O)N1CCC2OCC(=O)C21)c1ccc(-c2cccs2)cc1. The zero-order valence-corrected chi connectivity index (χ0v) is 19.2. The fourth-order valence-corrected chi connectivity index (χ4v) is 5.36. The lowest BCUT2D eigenvalue weighted by atomic mass is 10.0. The number of phenolic OH excluding ortho intramolecular Hbond substituents is 1. The van der Waals surface area contributed by atoms with Gasteiger partial charge in [0.15, 0.2) is 5.78 Å². The van der Waals surface area contributed by atoms with E-state index in [2.05, 4.69) is 5.32 Å². The number of likely N-dealkylation sites (tertiary alicyclic amines) is 1. The summed E-state index contributed by atoms with van der Waals surface area (Å²) in [4.78, 5) is 41.6. The first-order valence-electron chi connectivity index (χ1n) is 11.2. The maximum Gasteiger partial charge on any atom is 0.251 e. The van der Waals surface area contributed by atoms with Gasteiger partial charge >= 0.3 is 0 Å². The van der Waals surface area contributed by atoms with Gasteiger partial charge in [-0.2, -0.15) is 0 Å². The molecule has 0 radical (unpaired) electrons. The van der Waals surface area contributed by atoms with E-state index in [0.717, 1.165) is 10.4 Å². The first-order valence-corrected chi connectivity index (χ1v) is 12.0. The fourth-order valence-electron chi connectivity index (χ4n) is 4.63. The first kappa shape index (κ1) is 22.3. The van der Waals surface area contributed by atoms with Crippen molar-refractivity contribution in [1.82, 2.24) is 10.2 Å². The van der Waals surface area contributed by atoms with Crippen LogP contribution in [0.3, 0.4) is 0 Å². The molecule has 0 spiro atoms. The summed E-state index contributed by atoms with van der Waals surface area (Å²) in [5.74, 6) is -0.721. The highest BCUT2D eigenvalue weighted by Gasteiger charge is 2.48. The summed E-state index contributed by atoms with van der Waals surface area (Å²) in [5.41, 5.74) is 2.16. The topological polar surface area (TPSA) is 95.9 Å². The molecule has 5 rings (SSSR count). The van der Waals surface area contributed by atoms with E-state index in [1.807, 2.05) is 29.6 Å². The zero-order valence-electron chi connectivity index (χ0n) is 18.3. The van der Waals surface area contributed by atoms with Crippen LogP contribution in [0.2, 0.25) is 0 Å². The van der Waals surface area contributed by atoms with E-state index in [0.29, 0.717) is 24.1 Å². The number of hydrogen-bond donors (Lipinski definition) is 2. The first-order chi connectivity index (χ1) is 16.5. The molecule has 2 N–H and O–H groups in total. The van der Waals surface area contributed by atoms with E-state index >= 15 is 0 Å². The van der Waals surface area contributed by atoms with Gasteiger partial charge in [-0.05, 0) is 53.3 Å². The minimum Gasteiger partial charge on any atom is -0.508 e. The van der Waals surface area contributed by atoms with Crippen LogP contribution in [0.1, 0.15) is 22.3 Å². The third kappa shape index (κ3) is 4.47. The second kappa shape index (κ2) is 9.40. The van der Waals surface area contributed by atoms with Gasteiger partial charge in [0.1, 0.15) is 24.4 Å². The van der Waals surface area contributed by atoms with E-state index in [9.17, 15) is 19.5 Å². The summed E-state index contributed by atoms with van der Waals surface area (Å²) in [7, 11) is 0. The van der Waals surface area contributed by atoms with Gasteiger partial charge in [-0.3, -0.25) is 14.4 Å². The molecule has 0 bridgehead atoms. The third-order valence-corrected chi connectivity index (χ3v) is 7.22. The Bertz CT molecular complexity index is 1210. The van der Waals surface area contributed by atoms with Crippen LogP contribution < -0.4 is 5.32 Å². The summed E-state index contributed by atoms with van der Waals surface area (Å²) in [6.45, 7) is 0.418. The van der Waals surface area contributed by atoms with Gasteiger partial charge in [0.2, 0.25) is 5.91 Å². The number of hydrogen-bond acceptors (Lipinski definition) is 6. The van der Waals surface area contributed by atoms with Gasteiger partial charge in [0, 0.05) is 23.4 Å². The Morgan fingerprint density at radius 3 is 2.71 bits per heavy atom. The lowest BCUT2D eigenvalue weighted by Crippen LogP contribution is -2.53. The number of nitrogens with zero attached hydrogens (tertiary/aromatic N) is 1. The number of fused-ring (bicyclic) bond motifs is 1. The number of carbonyl (C=O) groups is 3. The van der Waals surface area contributed by atoms with Crippen molar-refractivity contribution in [3.8, 4) is 16.2 Å². The quantitative estimate of drug-likeness (QED) is 0.570. The maximum absolute atomic E-state index is 13.5. The van der Waals surface area contributed by atoms with Crippen molar-refractivity contribution in [1.29, 1.82) is 0 Å². The molecule has 7 nitrogen and oxygen atoms in total. The highest BCUT2D eigenvalue weighted by atomic mass is 32.1. The Labute approximate surface area is 201 Å². The predicted molar refractivity (Wildman–Crippen MR) is 128 cm³/mol. The third-order valence-electron chi connectivity index (χ3n) is 6.30. The van der Waals surface area contributed by atoms with Gasteiger partial charge in [0.25, 0.3) is 5.91 Å². The molecule has 1 aromatic heterocycles. The Morgan fingerprint density at radius 1 is 1.15 bits per heavy atom. The number of aromatic hydroxyl groups is 1. The average Bonchev–Trinajstić information content (AvgIpc) is 3.58. The Hall–Kier alpha value is -3.49. The van der Waals surface area contributed by atoms with Gasteiger partial charge in [0.05, 0.1) is 6.10 Å². The molecule has 3 atom stereocenters. The molecule has 3 unspecified atom stereocenters. The van der Waals surface area contributed by atoms with Gasteiger partial charge in [-0.1, -0.05) is 30.3 Å². The number of nitrogens with one attached hydrogen (secondary N) is 1. The number of rotatable bonds is 6. The van der Waals surface area contributed by atoms with Crippen molar-refractivity contribution in [2.24, 2.45) is 0 Å². The highest BCUT2D eigenvalue weighted by molar-refractivity contribution is 7.13. The van der Waals surface area contributed by atoms with Crippen LogP contribution in [0, 0.1) is 0 Å². The van der Waals surface area contributed by atoms with E-state index in [4.69, 9.17) is 4.74 Å². The molecule has 0 aliphatic carbocycles. The van der Waals surface area contributed by atoms with Crippen molar-refractivity contribution in [3.63, 3.8) is 0 Å². The molecule has 2 amide bonds. The maximum atomic E-state index is 13.5. The molecule has 2 fully saturated rings. The van der Waals surface area contributed by atoms with Crippen molar-refractivity contribution in [3.05, 3.63) is 77.2 Å². The summed E-state index contributed by atoms with van der Waals surface area (Å²) in [6.07, 6.45) is 0.507. The Morgan fingerprint density at radius 2 is 1.97 bits per heavy atom. The number of carbonyl (C=O) groups excluding carboxylic acids is 3. The van der Waals surface area contributed by atoms with Crippen LogP contribution in [0.25, 0.3) is 10.4 Å². The largest absolute Gasteiger partial charge is 0.508 e. The van der Waals surface area contributed by atoms with E-state index in [1.165, 1.54) is 4.90 Å². The molecule has 2 saturated heterocycles.